The molecule has 5 nitrogen and oxygen atoms in total. The lowest BCUT2D eigenvalue weighted by Crippen LogP contribution is -2.62. The highest BCUT2D eigenvalue weighted by atomic mass is 16.5. The molecule has 0 bridgehead atoms. The minimum Gasteiger partial charge on any atom is -0.392 e. The van der Waals surface area contributed by atoms with E-state index in [-0.39, 0.29) is 23.5 Å². The van der Waals surface area contributed by atoms with Gasteiger partial charge in [0.1, 0.15) is 0 Å². The molecule has 1 aromatic rings. The van der Waals surface area contributed by atoms with Crippen molar-refractivity contribution in [2.45, 2.75) is 38.4 Å². The molecule has 0 aromatic carbocycles. The first kappa shape index (κ1) is 14.5. The predicted octanol–water partition coefficient (Wildman–Crippen LogP) is 1.47. The van der Waals surface area contributed by atoms with Gasteiger partial charge >= 0.3 is 0 Å². The lowest BCUT2D eigenvalue weighted by atomic mass is 9.58. The van der Waals surface area contributed by atoms with Crippen molar-refractivity contribution in [3.8, 4) is 0 Å². The zero-order valence-electron chi connectivity index (χ0n) is 12.4. The van der Waals surface area contributed by atoms with Crippen molar-refractivity contribution in [1.82, 2.24) is 9.88 Å². The summed E-state index contributed by atoms with van der Waals surface area (Å²) < 4.78 is 5.75. The first-order valence-corrected chi connectivity index (χ1v) is 7.66. The summed E-state index contributed by atoms with van der Waals surface area (Å²) in [6.07, 6.45) is 5.48. The van der Waals surface area contributed by atoms with E-state index >= 15 is 0 Å². The third-order valence-corrected chi connectivity index (χ3v) is 5.00. The molecule has 3 rings (SSSR count). The van der Waals surface area contributed by atoms with Gasteiger partial charge < -0.3 is 14.7 Å². The second-order valence-electron chi connectivity index (χ2n) is 5.96. The third-order valence-electron chi connectivity index (χ3n) is 5.00. The average Bonchev–Trinajstić information content (AvgIpc) is 2.55. The Kier molecular flexibility index (Phi) is 3.95. The van der Waals surface area contributed by atoms with E-state index < -0.39 is 0 Å². The van der Waals surface area contributed by atoms with Crippen LogP contribution in [-0.2, 0) is 4.74 Å². The Labute approximate surface area is 124 Å². The number of amides is 1. The summed E-state index contributed by atoms with van der Waals surface area (Å²) in [7, 11) is 0. The number of nitrogens with zero attached hydrogens (tertiary/aromatic N) is 2. The first-order chi connectivity index (χ1) is 10.2. The molecule has 1 N–H and O–H groups in total. The molecule has 5 heteroatoms. The highest BCUT2D eigenvalue weighted by Gasteiger charge is 2.56. The van der Waals surface area contributed by atoms with Crippen molar-refractivity contribution < 1.29 is 14.6 Å². The normalized spacial score (nSPS) is 27.4. The van der Waals surface area contributed by atoms with Gasteiger partial charge in [0, 0.05) is 43.9 Å². The van der Waals surface area contributed by atoms with Gasteiger partial charge in [-0.05, 0) is 31.9 Å². The molecule has 1 aromatic heterocycles. The van der Waals surface area contributed by atoms with Crippen molar-refractivity contribution in [2.75, 3.05) is 19.7 Å². The number of hydrogen-bond acceptors (Lipinski definition) is 4. The molecule has 1 aliphatic carbocycles. The number of aliphatic hydroxyl groups excluding tert-OH is 1. The Morgan fingerprint density at radius 2 is 2.29 bits per heavy atom. The van der Waals surface area contributed by atoms with Crippen molar-refractivity contribution in [3.05, 3.63) is 30.1 Å². The first-order valence-electron chi connectivity index (χ1n) is 7.66. The van der Waals surface area contributed by atoms with Crippen LogP contribution >= 0.6 is 0 Å². The van der Waals surface area contributed by atoms with Gasteiger partial charge in [0.2, 0.25) is 0 Å². The minimum atomic E-state index is -0.287. The van der Waals surface area contributed by atoms with Crippen LogP contribution in [0.25, 0.3) is 0 Å². The zero-order chi connectivity index (χ0) is 14.9. The van der Waals surface area contributed by atoms with Gasteiger partial charge in [0.15, 0.2) is 0 Å². The molecular formula is C16H22N2O3. The molecule has 2 atom stereocenters. The van der Waals surface area contributed by atoms with Crippen LogP contribution < -0.4 is 0 Å². The van der Waals surface area contributed by atoms with E-state index in [1.807, 2.05) is 11.8 Å². The Morgan fingerprint density at radius 1 is 1.52 bits per heavy atom. The monoisotopic (exact) mass is 290 g/mol. The number of piperidine rings is 1. The molecule has 1 spiro atoms. The number of aromatic nitrogens is 1. The topological polar surface area (TPSA) is 62.7 Å². The average molecular weight is 290 g/mol. The highest BCUT2D eigenvalue weighted by molar-refractivity contribution is 5.93. The maximum Gasteiger partial charge on any atom is 0.255 e. The van der Waals surface area contributed by atoms with E-state index in [4.69, 9.17) is 4.74 Å². The fourth-order valence-corrected chi connectivity index (χ4v) is 3.61. The minimum absolute atomic E-state index is 0.0275. The molecule has 2 aliphatic rings. The molecule has 1 saturated heterocycles. The number of hydrogen-bond donors (Lipinski definition) is 1. The van der Waals surface area contributed by atoms with E-state index in [9.17, 15) is 9.90 Å². The Hall–Kier alpha value is -1.46. The number of carbonyl (C=O) groups excluding carboxylic acids is 1. The number of likely N-dealkylation sites (tertiary alicyclic amines) is 1. The molecule has 21 heavy (non-hydrogen) atoms. The van der Waals surface area contributed by atoms with E-state index in [0.29, 0.717) is 25.3 Å². The van der Waals surface area contributed by atoms with E-state index in [1.165, 1.54) is 0 Å². The van der Waals surface area contributed by atoms with Gasteiger partial charge in [0.25, 0.3) is 5.91 Å². The van der Waals surface area contributed by atoms with Crippen LogP contribution in [-0.4, -0.2) is 52.8 Å². The lowest BCUT2D eigenvalue weighted by Gasteiger charge is -2.56. The summed E-state index contributed by atoms with van der Waals surface area (Å²) in [5.74, 6) is 0.0275. The van der Waals surface area contributed by atoms with Crippen LogP contribution in [0.1, 0.15) is 36.5 Å². The lowest BCUT2D eigenvalue weighted by molar-refractivity contribution is -0.207. The molecule has 2 heterocycles. The Balaban J connectivity index is 1.64. The molecule has 2 unspecified atom stereocenters. The van der Waals surface area contributed by atoms with Crippen molar-refractivity contribution in [3.63, 3.8) is 0 Å². The molecule has 2 fully saturated rings. The molecule has 1 amide bonds. The van der Waals surface area contributed by atoms with Crippen LogP contribution in [0.3, 0.4) is 0 Å². The smallest absolute Gasteiger partial charge is 0.255 e. The quantitative estimate of drug-likeness (QED) is 0.916. The van der Waals surface area contributed by atoms with E-state index in [2.05, 4.69) is 4.98 Å². The number of pyridine rings is 1. The van der Waals surface area contributed by atoms with Crippen LogP contribution in [0, 0.1) is 5.41 Å². The van der Waals surface area contributed by atoms with E-state index in [1.54, 1.807) is 24.5 Å². The van der Waals surface area contributed by atoms with Crippen LogP contribution in [0.4, 0.5) is 0 Å². The summed E-state index contributed by atoms with van der Waals surface area (Å²) in [6, 6.07) is 3.57. The molecule has 1 aliphatic heterocycles. The molecular weight excluding hydrogens is 268 g/mol. The zero-order valence-corrected chi connectivity index (χ0v) is 12.4. The molecule has 0 radical (unpaired) electrons. The Morgan fingerprint density at radius 3 is 2.86 bits per heavy atom. The van der Waals surface area contributed by atoms with Crippen LogP contribution in [0.5, 0.6) is 0 Å². The van der Waals surface area contributed by atoms with Gasteiger partial charge in [0.05, 0.1) is 17.8 Å². The fraction of sp³-hybridized carbons (Fsp3) is 0.625. The largest absolute Gasteiger partial charge is 0.392 e. The van der Waals surface area contributed by atoms with Crippen molar-refractivity contribution in [1.29, 1.82) is 0 Å². The number of aliphatic hydroxyl groups is 1. The molecule has 114 valence electrons. The van der Waals surface area contributed by atoms with Gasteiger partial charge in [-0.1, -0.05) is 0 Å². The second kappa shape index (κ2) is 5.73. The maximum atomic E-state index is 12.4. The number of carbonyl (C=O) groups is 1. The SMILES string of the molecule is CCOC1CC(O)C12CCN(C(=O)c1cccnc1)CC2. The van der Waals surface area contributed by atoms with Gasteiger partial charge in [-0.15, -0.1) is 0 Å². The van der Waals surface area contributed by atoms with Crippen molar-refractivity contribution >= 4 is 5.91 Å². The number of rotatable bonds is 3. The summed E-state index contributed by atoms with van der Waals surface area (Å²) in [4.78, 5) is 18.3. The maximum absolute atomic E-state index is 12.4. The predicted molar refractivity (Wildman–Crippen MR) is 77.8 cm³/mol. The fourth-order valence-electron chi connectivity index (χ4n) is 3.61. The van der Waals surface area contributed by atoms with E-state index in [0.717, 1.165) is 19.3 Å². The van der Waals surface area contributed by atoms with Gasteiger partial charge in [-0.25, -0.2) is 0 Å². The van der Waals surface area contributed by atoms with Crippen LogP contribution in [0.2, 0.25) is 0 Å². The number of ether oxygens (including phenoxy) is 1. The standard InChI is InChI=1S/C16H22N2O3/c1-2-21-14-10-13(19)16(14)5-8-18(9-6-16)15(20)12-4-3-7-17-11-12/h3-4,7,11,13-14,19H,2,5-6,8-10H2,1H3. The summed E-state index contributed by atoms with van der Waals surface area (Å²) in [5.41, 5.74) is 0.491. The summed E-state index contributed by atoms with van der Waals surface area (Å²) in [6.45, 7) is 4.01. The van der Waals surface area contributed by atoms with Crippen molar-refractivity contribution in [2.24, 2.45) is 5.41 Å². The molecule has 1 saturated carbocycles. The Bertz CT molecular complexity index is 496. The van der Waals surface area contributed by atoms with Crippen LogP contribution in [0.15, 0.2) is 24.5 Å². The highest BCUT2D eigenvalue weighted by Crippen LogP contribution is 2.51. The van der Waals surface area contributed by atoms with Gasteiger partial charge in [-0.2, -0.15) is 0 Å². The second-order valence-corrected chi connectivity index (χ2v) is 5.96. The van der Waals surface area contributed by atoms with Gasteiger partial charge in [-0.3, -0.25) is 9.78 Å². The third kappa shape index (κ3) is 2.45. The summed E-state index contributed by atoms with van der Waals surface area (Å²) in [5, 5.41) is 10.2. The summed E-state index contributed by atoms with van der Waals surface area (Å²) >= 11 is 0.